The van der Waals surface area contributed by atoms with Gasteiger partial charge in [-0.15, -0.1) is 0 Å². The van der Waals surface area contributed by atoms with Gasteiger partial charge in [-0.05, 0) is 43.1 Å². The molecule has 0 aromatic rings. The van der Waals surface area contributed by atoms with Crippen LogP contribution in [0.2, 0.25) is 0 Å². The lowest BCUT2D eigenvalue weighted by molar-refractivity contribution is -0.149. The van der Waals surface area contributed by atoms with Crippen LogP contribution in [0.1, 0.15) is 45.4 Å². The Balaban J connectivity index is 2.04. The molecule has 1 aliphatic carbocycles. The van der Waals surface area contributed by atoms with Gasteiger partial charge < -0.3 is 10.4 Å². The highest BCUT2D eigenvalue weighted by molar-refractivity contribution is 7.99. The molecule has 2 atom stereocenters. The fraction of sp³-hybridized carbons (Fsp3) is 0.857. The number of amides is 1. The minimum atomic E-state index is -1.01. The number of carbonyl (C=O) groups excluding carboxylic acids is 1. The van der Waals surface area contributed by atoms with E-state index < -0.39 is 11.5 Å². The van der Waals surface area contributed by atoms with Crippen LogP contribution in [-0.4, -0.2) is 34.0 Å². The summed E-state index contributed by atoms with van der Waals surface area (Å²) in [6, 6.07) is 0. The van der Waals surface area contributed by atoms with Crippen molar-refractivity contribution in [2.75, 3.05) is 11.5 Å². The third kappa shape index (κ3) is 3.25. The standard InChI is InChI=1S/C14H23NO3S/c1-10-4-2-3-5-11(10)12(16)15-14(13(17)18)6-8-19-9-7-14/h10-11H,2-9H2,1H3,(H,15,16)(H,17,18). The van der Waals surface area contributed by atoms with Crippen molar-refractivity contribution in [3.63, 3.8) is 0 Å². The van der Waals surface area contributed by atoms with Crippen molar-refractivity contribution in [2.24, 2.45) is 11.8 Å². The second kappa shape index (κ2) is 6.16. The average Bonchev–Trinajstić information content (AvgIpc) is 2.40. The first-order chi connectivity index (χ1) is 9.05. The van der Waals surface area contributed by atoms with Crippen LogP contribution in [-0.2, 0) is 9.59 Å². The van der Waals surface area contributed by atoms with Crippen LogP contribution in [0.3, 0.4) is 0 Å². The second-order valence-corrected chi connectivity index (χ2v) is 7.08. The number of thioether (sulfide) groups is 1. The van der Waals surface area contributed by atoms with Crippen molar-refractivity contribution < 1.29 is 14.7 Å². The van der Waals surface area contributed by atoms with Crippen LogP contribution >= 0.6 is 11.8 Å². The molecular weight excluding hydrogens is 262 g/mol. The van der Waals surface area contributed by atoms with Gasteiger partial charge in [-0.25, -0.2) is 4.79 Å². The predicted octanol–water partition coefficient (Wildman–Crippen LogP) is 2.28. The molecule has 1 saturated carbocycles. The van der Waals surface area contributed by atoms with Gasteiger partial charge in [-0.2, -0.15) is 11.8 Å². The van der Waals surface area contributed by atoms with Crippen molar-refractivity contribution in [3.05, 3.63) is 0 Å². The highest BCUT2D eigenvalue weighted by atomic mass is 32.2. The maximum absolute atomic E-state index is 12.4. The van der Waals surface area contributed by atoms with Crippen molar-refractivity contribution in [1.82, 2.24) is 5.32 Å². The van der Waals surface area contributed by atoms with Crippen LogP contribution in [0.25, 0.3) is 0 Å². The quantitative estimate of drug-likeness (QED) is 0.835. The van der Waals surface area contributed by atoms with Gasteiger partial charge in [0.1, 0.15) is 5.54 Å². The summed E-state index contributed by atoms with van der Waals surface area (Å²) in [6.07, 6.45) is 5.33. The normalized spacial score (nSPS) is 30.6. The Kier molecular flexibility index (Phi) is 4.76. The molecule has 2 fully saturated rings. The van der Waals surface area contributed by atoms with Crippen LogP contribution < -0.4 is 5.32 Å². The molecule has 1 aliphatic heterocycles. The summed E-state index contributed by atoms with van der Waals surface area (Å²) < 4.78 is 0. The van der Waals surface area contributed by atoms with E-state index in [-0.39, 0.29) is 11.8 Å². The smallest absolute Gasteiger partial charge is 0.329 e. The first-order valence-corrected chi connectivity index (χ1v) is 8.34. The van der Waals surface area contributed by atoms with Crippen LogP contribution in [0.15, 0.2) is 0 Å². The summed E-state index contributed by atoms with van der Waals surface area (Å²) in [4.78, 5) is 24.0. The minimum Gasteiger partial charge on any atom is -0.480 e. The maximum Gasteiger partial charge on any atom is 0.329 e. The molecule has 1 saturated heterocycles. The summed E-state index contributed by atoms with van der Waals surface area (Å²) in [6.45, 7) is 2.10. The number of hydrogen-bond acceptors (Lipinski definition) is 3. The zero-order valence-corrected chi connectivity index (χ0v) is 12.3. The summed E-state index contributed by atoms with van der Waals surface area (Å²) in [5, 5.41) is 12.4. The molecule has 0 aromatic carbocycles. The third-order valence-electron chi connectivity index (χ3n) is 4.57. The van der Waals surface area contributed by atoms with Crippen molar-refractivity contribution in [3.8, 4) is 0 Å². The first-order valence-electron chi connectivity index (χ1n) is 7.18. The van der Waals surface area contributed by atoms with E-state index in [1.807, 2.05) is 0 Å². The molecule has 0 spiro atoms. The lowest BCUT2D eigenvalue weighted by atomic mass is 9.79. The molecule has 2 unspecified atom stereocenters. The lowest BCUT2D eigenvalue weighted by Crippen LogP contribution is -2.58. The Labute approximate surface area is 118 Å². The Bertz CT molecular complexity index is 353. The zero-order valence-electron chi connectivity index (χ0n) is 11.5. The highest BCUT2D eigenvalue weighted by Gasteiger charge is 2.43. The molecule has 5 heteroatoms. The third-order valence-corrected chi connectivity index (χ3v) is 5.55. The fourth-order valence-electron chi connectivity index (χ4n) is 3.15. The monoisotopic (exact) mass is 285 g/mol. The second-order valence-electron chi connectivity index (χ2n) is 5.86. The van der Waals surface area contributed by atoms with E-state index in [0.717, 1.165) is 30.8 Å². The van der Waals surface area contributed by atoms with Crippen LogP contribution in [0, 0.1) is 11.8 Å². The predicted molar refractivity (Wildman–Crippen MR) is 76.2 cm³/mol. The van der Waals surface area contributed by atoms with E-state index in [2.05, 4.69) is 12.2 Å². The number of nitrogens with one attached hydrogen (secondary N) is 1. The Morgan fingerprint density at radius 2 is 1.84 bits per heavy atom. The maximum atomic E-state index is 12.4. The summed E-state index contributed by atoms with van der Waals surface area (Å²) in [5.41, 5.74) is -1.01. The van der Waals surface area contributed by atoms with E-state index in [4.69, 9.17) is 0 Å². The van der Waals surface area contributed by atoms with Gasteiger partial charge in [0.15, 0.2) is 0 Å². The van der Waals surface area contributed by atoms with Gasteiger partial charge in [-0.3, -0.25) is 4.79 Å². The van der Waals surface area contributed by atoms with E-state index in [0.29, 0.717) is 18.8 Å². The Hall–Kier alpha value is -0.710. The molecular formula is C14H23NO3S. The molecule has 0 aromatic heterocycles. The van der Waals surface area contributed by atoms with Crippen molar-refractivity contribution >= 4 is 23.6 Å². The molecule has 0 bridgehead atoms. The van der Waals surface area contributed by atoms with E-state index in [1.165, 1.54) is 6.42 Å². The fourth-order valence-corrected chi connectivity index (χ4v) is 4.34. The Morgan fingerprint density at radius 1 is 1.21 bits per heavy atom. The molecule has 1 amide bonds. The largest absolute Gasteiger partial charge is 0.480 e. The van der Waals surface area contributed by atoms with Gasteiger partial charge >= 0.3 is 5.97 Å². The van der Waals surface area contributed by atoms with Gasteiger partial charge in [0, 0.05) is 5.92 Å². The van der Waals surface area contributed by atoms with E-state index in [9.17, 15) is 14.7 Å². The van der Waals surface area contributed by atoms with Gasteiger partial charge in [0.05, 0.1) is 0 Å². The molecule has 19 heavy (non-hydrogen) atoms. The first kappa shape index (κ1) is 14.7. The molecule has 0 radical (unpaired) electrons. The number of hydrogen-bond donors (Lipinski definition) is 2. The summed E-state index contributed by atoms with van der Waals surface area (Å²) >= 11 is 1.76. The number of aliphatic carboxylic acids is 1. The molecule has 4 nitrogen and oxygen atoms in total. The van der Waals surface area contributed by atoms with Crippen LogP contribution in [0.5, 0.6) is 0 Å². The number of rotatable bonds is 3. The summed E-state index contributed by atoms with van der Waals surface area (Å²) in [5.74, 6) is 1.09. The molecule has 2 rings (SSSR count). The minimum absolute atomic E-state index is 0.000412. The van der Waals surface area contributed by atoms with E-state index in [1.54, 1.807) is 11.8 Å². The van der Waals surface area contributed by atoms with Gasteiger partial charge in [-0.1, -0.05) is 19.8 Å². The van der Waals surface area contributed by atoms with Crippen molar-refractivity contribution in [2.45, 2.75) is 51.0 Å². The number of carboxylic acids is 1. The van der Waals surface area contributed by atoms with Gasteiger partial charge in [0.25, 0.3) is 0 Å². The lowest BCUT2D eigenvalue weighted by Gasteiger charge is -2.36. The van der Waals surface area contributed by atoms with E-state index >= 15 is 0 Å². The molecule has 2 aliphatic rings. The topological polar surface area (TPSA) is 66.4 Å². The molecule has 2 N–H and O–H groups in total. The number of carbonyl (C=O) groups is 2. The van der Waals surface area contributed by atoms with Crippen LogP contribution in [0.4, 0.5) is 0 Å². The average molecular weight is 285 g/mol. The van der Waals surface area contributed by atoms with Gasteiger partial charge in [0.2, 0.25) is 5.91 Å². The Morgan fingerprint density at radius 3 is 2.42 bits per heavy atom. The molecule has 108 valence electrons. The highest BCUT2D eigenvalue weighted by Crippen LogP contribution is 2.32. The molecule has 1 heterocycles. The SMILES string of the molecule is CC1CCCCC1C(=O)NC1(C(=O)O)CCSCC1. The zero-order chi connectivity index (χ0) is 13.9. The summed E-state index contributed by atoms with van der Waals surface area (Å²) in [7, 11) is 0. The number of carboxylic acid groups (broad SMARTS) is 1. The van der Waals surface area contributed by atoms with Crippen molar-refractivity contribution in [1.29, 1.82) is 0 Å².